The van der Waals surface area contributed by atoms with Crippen molar-refractivity contribution in [2.45, 2.75) is 25.4 Å². The molecule has 2 aliphatic heterocycles. The Morgan fingerprint density at radius 1 is 1.18 bits per heavy atom. The van der Waals surface area contributed by atoms with E-state index in [1.165, 1.54) is 0 Å². The Hall–Kier alpha value is -2.50. The van der Waals surface area contributed by atoms with Gasteiger partial charge >= 0.3 is 5.69 Å². The van der Waals surface area contributed by atoms with E-state index in [4.69, 9.17) is 9.47 Å². The zero-order valence-electron chi connectivity index (χ0n) is 12.3. The van der Waals surface area contributed by atoms with Gasteiger partial charge in [-0.05, 0) is 19.9 Å². The normalized spacial score (nSPS) is 24.3. The van der Waals surface area contributed by atoms with Gasteiger partial charge in [0.25, 0.3) is 5.56 Å². The summed E-state index contributed by atoms with van der Waals surface area (Å²) >= 11 is 0. The van der Waals surface area contributed by atoms with Crippen LogP contribution in [-0.4, -0.2) is 22.2 Å². The van der Waals surface area contributed by atoms with Gasteiger partial charge < -0.3 is 9.47 Å². The summed E-state index contributed by atoms with van der Waals surface area (Å²) in [5, 5.41) is 0. The Morgan fingerprint density at radius 2 is 1.95 bits per heavy atom. The summed E-state index contributed by atoms with van der Waals surface area (Å²) in [5.41, 5.74) is -0.0880. The van der Waals surface area contributed by atoms with Crippen LogP contribution in [0.2, 0.25) is 0 Å². The van der Waals surface area contributed by atoms with Crippen molar-refractivity contribution in [1.29, 1.82) is 0 Å². The molecule has 0 amide bonds. The number of para-hydroxylation sites is 1. The molecule has 4 rings (SSSR count). The van der Waals surface area contributed by atoms with Gasteiger partial charge in [0.2, 0.25) is 5.88 Å². The molecular weight excluding hydrogens is 284 g/mol. The molecule has 2 unspecified atom stereocenters. The van der Waals surface area contributed by atoms with Gasteiger partial charge in [-0.3, -0.25) is 14.8 Å². The highest BCUT2D eigenvalue weighted by Crippen LogP contribution is 2.50. The maximum Gasteiger partial charge on any atom is 0.328 e. The average Bonchev–Trinajstić information content (AvgIpc) is 2.45. The monoisotopic (exact) mass is 300 g/mol. The minimum absolute atomic E-state index is 0.0121. The summed E-state index contributed by atoms with van der Waals surface area (Å²) in [5.74, 6) is 0.862. The number of benzene rings is 1. The summed E-state index contributed by atoms with van der Waals surface area (Å²) < 4.78 is 11.8. The SMILES string of the molecule is CC1(C)Oc2[nH]c(=O)[nH]c(=O)c2C2c3ccccc3OCC21. The minimum atomic E-state index is -0.557. The highest BCUT2D eigenvalue weighted by molar-refractivity contribution is 5.48. The molecule has 0 aliphatic carbocycles. The Balaban J connectivity index is 2.04. The number of ether oxygens (including phenoxy) is 2. The number of nitrogens with one attached hydrogen (secondary N) is 2. The maximum absolute atomic E-state index is 12.4. The fourth-order valence-corrected chi connectivity index (χ4v) is 3.50. The Kier molecular flexibility index (Phi) is 2.55. The Morgan fingerprint density at radius 3 is 2.77 bits per heavy atom. The first-order chi connectivity index (χ1) is 10.5. The maximum atomic E-state index is 12.4. The van der Waals surface area contributed by atoms with E-state index in [2.05, 4.69) is 9.97 Å². The number of fused-ring (bicyclic) bond motifs is 5. The number of rotatable bonds is 0. The van der Waals surface area contributed by atoms with E-state index >= 15 is 0 Å². The molecule has 0 saturated heterocycles. The van der Waals surface area contributed by atoms with E-state index < -0.39 is 16.9 Å². The van der Waals surface area contributed by atoms with Crippen molar-refractivity contribution in [3.05, 3.63) is 56.2 Å². The Labute approximate surface area is 126 Å². The highest BCUT2D eigenvalue weighted by atomic mass is 16.5. The van der Waals surface area contributed by atoms with Gasteiger partial charge in [-0.1, -0.05) is 18.2 Å². The van der Waals surface area contributed by atoms with Gasteiger partial charge in [0.15, 0.2) is 0 Å². The van der Waals surface area contributed by atoms with E-state index in [-0.39, 0.29) is 17.7 Å². The standard InChI is InChI=1S/C16H16N2O4/c1-16(2)9-7-21-10-6-4-3-5-8(10)11(9)12-13(19)17-15(20)18-14(12)22-16/h3-6,9,11H,7H2,1-2H3,(H2,17,18,19,20). The van der Waals surface area contributed by atoms with Crippen LogP contribution in [0.5, 0.6) is 11.6 Å². The largest absolute Gasteiger partial charge is 0.493 e. The molecule has 2 atom stereocenters. The summed E-state index contributed by atoms with van der Waals surface area (Å²) in [4.78, 5) is 28.8. The van der Waals surface area contributed by atoms with Crippen LogP contribution >= 0.6 is 0 Å². The molecule has 2 aliphatic rings. The van der Waals surface area contributed by atoms with Crippen LogP contribution in [0.3, 0.4) is 0 Å². The van der Waals surface area contributed by atoms with E-state index in [0.717, 1.165) is 11.3 Å². The predicted molar refractivity (Wildman–Crippen MR) is 79.7 cm³/mol. The number of hydrogen-bond acceptors (Lipinski definition) is 4. The second kappa shape index (κ2) is 4.25. The van der Waals surface area contributed by atoms with Crippen molar-refractivity contribution in [2.75, 3.05) is 6.61 Å². The molecule has 3 heterocycles. The summed E-state index contributed by atoms with van der Waals surface area (Å²) in [7, 11) is 0. The second-order valence-electron chi connectivity index (χ2n) is 6.29. The Bertz CT molecular complexity index is 865. The minimum Gasteiger partial charge on any atom is -0.493 e. The van der Waals surface area contributed by atoms with Crippen LogP contribution in [0.4, 0.5) is 0 Å². The fourth-order valence-electron chi connectivity index (χ4n) is 3.50. The molecule has 1 aromatic carbocycles. The van der Waals surface area contributed by atoms with Gasteiger partial charge in [0, 0.05) is 17.4 Å². The fraction of sp³-hybridized carbons (Fsp3) is 0.375. The van der Waals surface area contributed by atoms with Gasteiger partial charge in [-0.2, -0.15) is 0 Å². The summed E-state index contributed by atoms with van der Waals surface area (Å²) in [6.45, 7) is 4.36. The molecule has 6 nitrogen and oxygen atoms in total. The van der Waals surface area contributed by atoms with Gasteiger partial charge in [-0.25, -0.2) is 4.79 Å². The predicted octanol–water partition coefficient (Wildman–Crippen LogP) is 1.37. The van der Waals surface area contributed by atoms with Crippen LogP contribution in [0.15, 0.2) is 33.9 Å². The van der Waals surface area contributed by atoms with Crippen molar-refractivity contribution in [1.82, 2.24) is 9.97 Å². The lowest BCUT2D eigenvalue weighted by molar-refractivity contribution is -0.0184. The lowest BCUT2D eigenvalue weighted by Crippen LogP contribution is -2.51. The molecular formula is C16H16N2O4. The smallest absolute Gasteiger partial charge is 0.328 e. The van der Waals surface area contributed by atoms with Crippen molar-refractivity contribution >= 4 is 0 Å². The highest BCUT2D eigenvalue weighted by Gasteiger charge is 2.49. The van der Waals surface area contributed by atoms with E-state index in [1.807, 2.05) is 38.1 Å². The molecule has 114 valence electrons. The molecule has 2 aromatic rings. The third-order valence-electron chi connectivity index (χ3n) is 4.59. The first kappa shape index (κ1) is 13.2. The molecule has 2 N–H and O–H groups in total. The number of aromatic nitrogens is 2. The molecule has 0 saturated carbocycles. The molecule has 0 fully saturated rings. The average molecular weight is 300 g/mol. The zero-order chi connectivity index (χ0) is 15.5. The first-order valence-electron chi connectivity index (χ1n) is 7.24. The van der Waals surface area contributed by atoms with Crippen molar-refractivity contribution < 1.29 is 9.47 Å². The molecule has 1 aromatic heterocycles. The number of H-pyrrole nitrogens is 2. The number of aromatic amines is 2. The van der Waals surface area contributed by atoms with E-state index in [9.17, 15) is 9.59 Å². The first-order valence-corrected chi connectivity index (χ1v) is 7.24. The lowest BCUT2D eigenvalue weighted by Gasteiger charge is -2.46. The molecule has 0 radical (unpaired) electrons. The van der Waals surface area contributed by atoms with Crippen LogP contribution in [0.1, 0.15) is 30.9 Å². The zero-order valence-corrected chi connectivity index (χ0v) is 12.3. The molecule has 0 spiro atoms. The molecule has 22 heavy (non-hydrogen) atoms. The third-order valence-corrected chi connectivity index (χ3v) is 4.59. The van der Waals surface area contributed by atoms with Gasteiger partial charge in [0.05, 0.1) is 12.2 Å². The van der Waals surface area contributed by atoms with Crippen LogP contribution in [-0.2, 0) is 0 Å². The molecule has 6 heteroatoms. The second-order valence-corrected chi connectivity index (χ2v) is 6.29. The lowest BCUT2D eigenvalue weighted by atomic mass is 9.71. The van der Waals surface area contributed by atoms with E-state index in [0.29, 0.717) is 12.2 Å². The topological polar surface area (TPSA) is 84.2 Å². The van der Waals surface area contributed by atoms with Crippen LogP contribution < -0.4 is 20.7 Å². The van der Waals surface area contributed by atoms with Gasteiger partial charge in [-0.15, -0.1) is 0 Å². The van der Waals surface area contributed by atoms with E-state index in [1.54, 1.807) is 0 Å². The quantitative estimate of drug-likeness (QED) is 0.769. The van der Waals surface area contributed by atoms with Crippen LogP contribution in [0.25, 0.3) is 0 Å². The molecule has 0 bridgehead atoms. The van der Waals surface area contributed by atoms with Crippen molar-refractivity contribution in [3.63, 3.8) is 0 Å². The third kappa shape index (κ3) is 1.73. The van der Waals surface area contributed by atoms with Crippen molar-refractivity contribution in [2.24, 2.45) is 5.92 Å². The van der Waals surface area contributed by atoms with Crippen molar-refractivity contribution in [3.8, 4) is 11.6 Å². The van der Waals surface area contributed by atoms with Gasteiger partial charge in [0.1, 0.15) is 11.4 Å². The number of hydrogen-bond donors (Lipinski definition) is 2. The summed E-state index contributed by atoms with van der Waals surface area (Å²) in [6.07, 6.45) is 0. The summed E-state index contributed by atoms with van der Waals surface area (Å²) in [6, 6.07) is 7.68. The van der Waals surface area contributed by atoms with Crippen LogP contribution in [0, 0.1) is 5.92 Å².